The molecule has 0 heterocycles. The zero-order valence-corrected chi connectivity index (χ0v) is 9.26. The van der Waals surface area contributed by atoms with E-state index < -0.39 is 0 Å². The SMILES string of the molecule is CSCCOc1c(C)cccc1C=O. The van der Waals surface area contributed by atoms with E-state index in [1.165, 1.54) is 0 Å². The molecule has 1 aromatic carbocycles. The van der Waals surface area contributed by atoms with E-state index >= 15 is 0 Å². The quantitative estimate of drug-likeness (QED) is 0.552. The van der Waals surface area contributed by atoms with Crippen LogP contribution < -0.4 is 4.74 Å². The zero-order chi connectivity index (χ0) is 10.4. The average Bonchev–Trinajstić information content (AvgIpc) is 2.20. The Bertz CT molecular complexity index is 310. The van der Waals surface area contributed by atoms with Crippen molar-refractivity contribution in [3.8, 4) is 5.75 Å². The lowest BCUT2D eigenvalue weighted by atomic mass is 10.1. The first kappa shape index (κ1) is 11.1. The predicted molar refractivity (Wildman–Crippen MR) is 60.4 cm³/mol. The molecule has 76 valence electrons. The van der Waals surface area contributed by atoms with Gasteiger partial charge in [0.15, 0.2) is 6.29 Å². The molecule has 2 nitrogen and oxygen atoms in total. The van der Waals surface area contributed by atoms with Crippen molar-refractivity contribution in [2.45, 2.75) is 6.92 Å². The maximum Gasteiger partial charge on any atom is 0.153 e. The molecule has 0 unspecified atom stereocenters. The van der Waals surface area contributed by atoms with Crippen molar-refractivity contribution in [2.24, 2.45) is 0 Å². The fourth-order valence-corrected chi connectivity index (χ4v) is 1.44. The van der Waals surface area contributed by atoms with Gasteiger partial charge in [0.2, 0.25) is 0 Å². The van der Waals surface area contributed by atoms with Crippen LogP contribution in [0.15, 0.2) is 18.2 Å². The van der Waals surface area contributed by atoms with Crippen LogP contribution in [0.4, 0.5) is 0 Å². The molecular formula is C11H14O2S. The van der Waals surface area contributed by atoms with Gasteiger partial charge in [-0.05, 0) is 24.8 Å². The van der Waals surface area contributed by atoms with E-state index in [-0.39, 0.29) is 0 Å². The van der Waals surface area contributed by atoms with Gasteiger partial charge in [0.25, 0.3) is 0 Å². The molecule has 0 aliphatic rings. The molecule has 0 aromatic heterocycles. The largest absolute Gasteiger partial charge is 0.492 e. The standard InChI is InChI=1S/C11H14O2S/c1-9-4-3-5-10(8-12)11(9)13-6-7-14-2/h3-5,8H,6-7H2,1-2H3. The summed E-state index contributed by atoms with van der Waals surface area (Å²) in [6.07, 6.45) is 2.86. The Labute approximate surface area is 88.7 Å². The highest BCUT2D eigenvalue weighted by atomic mass is 32.2. The topological polar surface area (TPSA) is 26.3 Å². The summed E-state index contributed by atoms with van der Waals surface area (Å²) in [6, 6.07) is 5.58. The van der Waals surface area contributed by atoms with Gasteiger partial charge in [-0.2, -0.15) is 11.8 Å². The third-order valence-corrected chi connectivity index (χ3v) is 2.48. The number of rotatable bonds is 5. The third-order valence-electron chi connectivity index (χ3n) is 1.90. The maximum atomic E-state index is 10.7. The van der Waals surface area contributed by atoms with Crippen LogP contribution in [0.3, 0.4) is 0 Å². The number of para-hydroxylation sites is 1. The summed E-state index contributed by atoms with van der Waals surface area (Å²) in [5.74, 6) is 1.66. The number of hydrogen-bond acceptors (Lipinski definition) is 3. The molecule has 3 heteroatoms. The van der Waals surface area contributed by atoms with E-state index in [2.05, 4.69) is 0 Å². The lowest BCUT2D eigenvalue weighted by molar-refractivity contribution is 0.111. The summed E-state index contributed by atoms with van der Waals surface area (Å²) in [7, 11) is 0. The van der Waals surface area contributed by atoms with E-state index in [1.807, 2.05) is 25.3 Å². The van der Waals surface area contributed by atoms with E-state index in [9.17, 15) is 4.79 Å². The summed E-state index contributed by atoms with van der Waals surface area (Å²) >= 11 is 1.73. The zero-order valence-electron chi connectivity index (χ0n) is 8.45. The van der Waals surface area contributed by atoms with Gasteiger partial charge in [-0.25, -0.2) is 0 Å². The van der Waals surface area contributed by atoms with Crippen LogP contribution in [0, 0.1) is 6.92 Å². The third kappa shape index (κ3) is 2.77. The van der Waals surface area contributed by atoms with Gasteiger partial charge in [-0.3, -0.25) is 4.79 Å². The van der Waals surface area contributed by atoms with Crippen LogP contribution in [-0.4, -0.2) is 24.9 Å². The Kier molecular flexibility index (Phi) is 4.53. The van der Waals surface area contributed by atoms with Crippen LogP contribution in [0.2, 0.25) is 0 Å². The van der Waals surface area contributed by atoms with Gasteiger partial charge < -0.3 is 4.74 Å². The van der Waals surface area contributed by atoms with Crippen LogP contribution in [0.1, 0.15) is 15.9 Å². The number of thioether (sulfide) groups is 1. The first-order valence-corrected chi connectivity index (χ1v) is 5.85. The Balaban J connectivity index is 2.77. The lowest BCUT2D eigenvalue weighted by Gasteiger charge is -2.10. The monoisotopic (exact) mass is 210 g/mol. The number of carbonyl (C=O) groups excluding carboxylic acids is 1. The van der Waals surface area contributed by atoms with Gasteiger partial charge in [0.05, 0.1) is 12.2 Å². The minimum atomic E-state index is 0.631. The fourth-order valence-electron chi connectivity index (χ4n) is 1.19. The molecule has 0 fully saturated rings. The molecule has 0 aliphatic heterocycles. The van der Waals surface area contributed by atoms with E-state index in [1.54, 1.807) is 17.8 Å². The molecule has 0 saturated carbocycles. The number of ether oxygens (including phenoxy) is 1. The molecule has 0 amide bonds. The minimum Gasteiger partial charge on any atom is -0.492 e. The molecule has 0 spiro atoms. The van der Waals surface area contributed by atoms with Crippen molar-refractivity contribution in [2.75, 3.05) is 18.6 Å². The summed E-state index contributed by atoms with van der Waals surface area (Å²) < 4.78 is 5.55. The highest BCUT2D eigenvalue weighted by Crippen LogP contribution is 2.21. The molecule has 14 heavy (non-hydrogen) atoms. The summed E-state index contributed by atoms with van der Waals surface area (Å²) in [4.78, 5) is 10.7. The normalized spacial score (nSPS) is 9.86. The molecule has 0 N–H and O–H groups in total. The molecule has 0 atom stereocenters. The molecule has 1 rings (SSSR count). The summed E-state index contributed by atoms with van der Waals surface area (Å²) in [6.45, 7) is 2.59. The average molecular weight is 210 g/mol. The van der Waals surface area contributed by atoms with Crippen molar-refractivity contribution >= 4 is 18.0 Å². The Morgan fingerprint density at radius 1 is 1.50 bits per heavy atom. The Hall–Kier alpha value is -0.960. The maximum absolute atomic E-state index is 10.7. The number of aldehydes is 1. The second kappa shape index (κ2) is 5.70. The molecule has 0 radical (unpaired) electrons. The second-order valence-corrected chi connectivity index (χ2v) is 3.94. The van der Waals surface area contributed by atoms with Crippen LogP contribution in [0.5, 0.6) is 5.75 Å². The van der Waals surface area contributed by atoms with E-state index in [4.69, 9.17) is 4.74 Å². The smallest absolute Gasteiger partial charge is 0.153 e. The number of hydrogen-bond donors (Lipinski definition) is 0. The number of aryl methyl sites for hydroxylation is 1. The number of carbonyl (C=O) groups is 1. The molecular weight excluding hydrogens is 196 g/mol. The van der Waals surface area contributed by atoms with Crippen LogP contribution >= 0.6 is 11.8 Å². The summed E-state index contributed by atoms with van der Waals surface area (Å²) in [5.41, 5.74) is 1.64. The Morgan fingerprint density at radius 3 is 2.93 bits per heavy atom. The van der Waals surface area contributed by atoms with Gasteiger partial charge in [-0.1, -0.05) is 12.1 Å². The van der Waals surface area contributed by atoms with Crippen molar-refractivity contribution in [3.63, 3.8) is 0 Å². The van der Waals surface area contributed by atoms with Gasteiger partial charge in [-0.15, -0.1) is 0 Å². The van der Waals surface area contributed by atoms with Crippen molar-refractivity contribution in [1.82, 2.24) is 0 Å². The first-order chi connectivity index (χ1) is 6.79. The molecule has 0 saturated heterocycles. The molecule has 0 bridgehead atoms. The van der Waals surface area contributed by atoms with Gasteiger partial charge in [0.1, 0.15) is 5.75 Å². The van der Waals surface area contributed by atoms with Gasteiger partial charge >= 0.3 is 0 Å². The van der Waals surface area contributed by atoms with E-state index in [0.717, 1.165) is 23.4 Å². The summed E-state index contributed by atoms with van der Waals surface area (Å²) in [5, 5.41) is 0. The minimum absolute atomic E-state index is 0.631. The second-order valence-electron chi connectivity index (χ2n) is 2.95. The highest BCUT2D eigenvalue weighted by Gasteiger charge is 2.04. The molecule has 0 aliphatic carbocycles. The first-order valence-electron chi connectivity index (χ1n) is 4.46. The van der Waals surface area contributed by atoms with Crippen LogP contribution in [0.25, 0.3) is 0 Å². The van der Waals surface area contributed by atoms with Crippen molar-refractivity contribution in [3.05, 3.63) is 29.3 Å². The Morgan fingerprint density at radius 2 is 2.29 bits per heavy atom. The predicted octanol–water partition coefficient (Wildman–Crippen LogP) is 2.55. The van der Waals surface area contributed by atoms with Crippen molar-refractivity contribution in [1.29, 1.82) is 0 Å². The lowest BCUT2D eigenvalue weighted by Crippen LogP contribution is -2.03. The highest BCUT2D eigenvalue weighted by molar-refractivity contribution is 7.98. The van der Waals surface area contributed by atoms with E-state index in [0.29, 0.717) is 12.2 Å². The van der Waals surface area contributed by atoms with Crippen LogP contribution in [-0.2, 0) is 0 Å². The number of benzene rings is 1. The van der Waals surface area contributed by atoms with Crippen molar-refractivity contribution < 1.29 is 9.53 Å². The van der Waals surface area contributed by atoms with Gasteiger partial charge in [0, 0.05) is 5.75 Å². The fraction of sp³-hybridized carbons (Fsp3) is 0.364. The molecule has 1 aromatic rings.